The van der Waals surface area contributed by atoms with Crippen molar-refractivity contribution in [3.05, 3.63) is 28.8 Å². The van der Waals surface area contributed by atoms with E-state index in [0.717, 1.165) is 18.7 Å². The van der Waals surface area contributed by atoms with Crippen molar-refractivity contribution in [3.8, 4) is 5.75 Å². The minimum atomic E-state index is 0.409. The molecule has 1 aliphatic carbocycles. The third kappa shape index (κ3) is 1.94. The first-order valence-electron chi connectivity index (χ1n) is 5.95. The highest BCUT2D eigenvalue weighted by Crippen LogP contribution is 2.48. The van der Waals surface area contributed by atoms with Gasteiger partial charge in [0.25, 0.3) is 0 Å². The highest BCUT2D eigenvalue weighted by atomic mass is 16.5. The zero-order chi connectivity index (χ0) is 11.8. The summed E-state index contributed by atoms with van der Waals surface area (Å²) in [5.41, 5.74) is 10.3. The van der Waals surface area contributed by atoms with E-state index < -0.39 is 0 Å². The molecule has 0 aliphatic heterocycles. The first-order chi connectivity index (χ1) is 7.62. The zero-order valence-electron chi connectivity index (χ0n) is 10.5. The molecule has 2 rings (SSSR count). The van der Waals surface area contributed by atoms with Crippen molar-refractivity contribution in [1.82, 2.24) is 0 Å². The SMILES string of the molecule is COc1ccc(CC2(CN)CC2)c(C)c1C. The molecule has 2 heteroatoms. The number of benzene rings is 1. The quantitative estimate of drug-likeness (QED) is 0.844. The van der Waals surface area contributed by atoms with Crippen LogP contribution in [0.4, 0.5) is 0 Å². The molecule has 1 aromatic rings. The van der Waals surface area contributed by atoms with Crippen molar-refractivity contribution >= 4 is 0 Å². The Labute approximate surface area is 97.8 Å². The standard InChI is InChI=1S/C14H21NO/c1-10-11(2)13(16-3)5-4-12(10)8-14(9-15)6-7-14/h4-5H,6-9,15H2,1-3H3. The number of hydrogen-bond acceptors (Lipinski definition) is 2. The number of ether oxygens (including phenoxy) is 1. The van der Waals surface area contributed by atoms with Crippen LogP contribution in [0.5, 0.6) is 5.75 Å². The van der Waals surface area contributed by atoms with Crippen LogP contribution in [0.2, 0.25) is 0 Å². The highest BCUT2D eigenvalue weighted by molar-refractivity contribution is 5.44. The predicted molar refractivity (Wildman–Crippen MR) is 66.9 cm³/mol. The molecule has 0 saturated heterocycles. The van der Waals surface area contributed by atoms with E-state index >= 15 is 0 Å². The molecule has 0 spiro atoms. The third-order valence-electron chi connectivity index (χ3n) is 4.03. The Bertz CT molecular complexity index is 394. The maximum Gasteiger partial charge on any atom is 0.122 e. The smallest absolute Gasteiger partial charge is 0.122 e. The summed E-state index contributed by atoms with van der Waals surface area (Å²) in [6.07, 6.45) is 3.70. The second-order valence-corrected chi connectivity index (χ2v) is 5.06. The summed E-state index contributed by atoms with van der Waals surface area (Å²) >= 11 is 0. The molecule has 0 atom stereocenters. The Kier molecular flexibility index (Phi) is 2.94. The summed E-state index contributed by atoms with van der Waals surface area (Å²) in [5, 5.41) is 0. The summed E-state index contributed by atoms with van der Waals surface area (Å²) in [7, 11) is 1.73. The van der Waals surface area contributed by atoms with Crippen molar-refractivity contribution in [3.63, 3.8) is 0 Å². The lowest BCUT2D eigenvalue weighted by Crippen LogP contribution is -2.18. The van der Waals surface area contributed by atoms with Crippen LogP contribution in [0.15, 0.2) is 12.1 Å². The summed E-state index contributed by atoms with van der Waals surface area (Å²) in [5.74, 6) is 0.985. The molecule has 0 aromatic heterocycles. The maximum atomic E-state index is 5.84. The van der Waals surface area contributed by atoms with Gasteiger partial charge in [0.2, 0.25) is 0 Å². The molecule has 0 radical (unpaired) electrons. The van der Waals surface area contributed by atoms with Gasteiger partial charge in [-0.25, -0.2) is 0 Å². The van der Waals surface area contributed by atoms with E-state index in [1.165, 1.54) is 29.5 Å². The fourth-order valence-electron chi connectivity index (χ4n) is 2.30. The summed E-state index contributed by atoms with van der Waals surface area (Å²) in [6, 6.07) is 4.27. The Balaban J connectivity index is 2.25. The lowest BCUT2D eigenvalue weighted by molar-refractivity contribution is 0.410. The van der Waals surface area contributed by atoms with Crippen LogP contribution in [0.25, 0.3) is 0 Å². The van der Waals surface area contributed by atoms with Crippen LogP contribution in [0.3, 0.4) is 0 Å². The van der Waals surface area contributed by atoms with E-state index in [1.54, 1.807) is 7.11 Å². The minimum Gasteiger partial charge on any atom is -0.496 e. The van der Waals surface area contributed by atoms with Crippen molar-refractivity contribution in [2.24, 2.45) is 11.1 Å². The average molecular weight is 219 g/mol. The van der Waals surface area contributed by atoms with E-state index in [-0.39, 0.29) is 0 Å². The van der Waals surface area contributed by atoms with Gasteiger partial charge < -0.3 is 10.5 Å². The van der Waals surface area contributed by atoms with Crippen molar-refractivity contribution < 1.29 is 4.74 Å². The Hall–Kier alpha value is -1.02. The summed E-state index contributed by atoms with van der Waals surface area (Å²) in [4.78, 5) is 0. The van der Waals surface area contributed by atoms with Crippen LogP contribution in [-0.2, 0) is 6.42 Å². The van der Waals surface area contributed by atoms with Gasteiger partial charge in [-0.1, -0.05) is 6.07 Å². The molecule has 2 N–H and O–H groups in total. The highest BCUT2D eigenvalue weighted by Gasteiger charge is 2.41. The number of nitrogens with two attached hydrogens (primary N) is 1. The monoisotopic (exact) mass is 219 g/mol. The molecule has 0 heterocycles. The van der Waals surface area contributed by atoms with Crippen molar-refractivity contribution in [2.75, 3.05) is 13.7 Å². The van der Waals surface area contributed by atoms with Gasteiger partial charge >= 0.3 is 0 Å². The number of methoxy groups -OCH3 is 1. The van der Waals surface area contributed by atoms with Gasteiger partial charge in [-0.2, -0.15) is 0 Å². The normalized spacial score (nSPS) is 17.2. The van der Waals surface area contributed by atoms with E-state index in [1.807, 2.05) is 0 Å². The molecule has 1 saturated carbocycles. The van der Waals surface area contributed by atoms with E-state index in [2.05, 4.69) is 26.0 Å². The molecule has 0 unspecified atom stereocenters. The van der Waals surface area contributed by atoms with Gasteiger partial charge in [-0.3, -0.25) is 0 Å². The first kappa shape index (κ1) is 11.5. The van der Waals surface area contributed by atoms with Gasteiger partial charge in [0, 0.05) is 0 Å². The van der Waals surface area contributed by atoms with Crippen LogP contribution < -0.4 is 10.5 Å². The second-order valence-electron chi connectivity index (χ2n) is 5.06. The molecular formula is C14H21NO. The van der Waals surface area contributed by atoms with Crippen molar-refractivity contribution in [1.29, 1.82) is 0 Å². The molecular weight excluding hydrogens is 198 g/mol. The minimum absolute atomic E-state index is 0.409. The topological polar surface area (TPSA) is 35.2 Å². The fraction of sp³-hybridized carbons (Fsp3) is 0.571. The van der Waals surface area contributed by atoms with Gasteiger partial charge in [0.05, 0.1) is 7.11 Å². The average Bonchev–Trinajstić information content (AvgIpc) is 3.06. The fourth-order valence-corrected chi connectivity index (χ4v) is 2.30. The molecule has 88 valence electrons. The lowest BCUT2D eigenvalue weighted by atomic mass is 9.91. The largest absolute Gasteiger partial charge is 0.496 e. The summed E-state index contributed by atoms with van der Waals surface area (Å²) in [6.45, 7) is 5.12. The maximum absolute atomic E-state index is 5.84. The van der Waals surface area contributed by atoms with Crippen LogP contribution in [0, 0.1) is 19.3 Å². The van der Waals surface area contributed by atoms with Gasteiger partial charge in [-0.05, 0) is 67.8 Å². The predicted octanol–water partition coefficient (Wildman–Crippen LogP) is 2.59. The van der Waals surface area contributed by atoms with E-state index in [9.17, 15) is 0 Å². The van der Waals surface area contributed by atoms with Gasteiger partial charge in [0.15, 0.2) is 0 Å². The Morgan fingerprint density at radius 2 is 1.94 bits per heavy atom. The van der Waals surface area contributed by atoms with Crippen LogP contribution in [-0.4, -0.2) is 13.7 Å². The van der Waals surface area contributed by atoms with Crippen molar-refractivity contribution in [2.45, 2.75) is 33.1 Å². The summed E-state index contributed by atoms with van der Waals surface area (Å²) < 4.78 is 5.33. The van der Waals surface area contributed by atoms with E-state index in [4.69, 9.17) is 10.5 Å². The second kappa shape index (κ2) is 4.10. The Morgan fingerprint density at radius 3 is 2.44 bits per heavy atom. The van der Waals surface area contributed by atoms with Crippen LogP contribution >= 0.6 is 0 Å². The third-order valence-corrected chi connectivity index (χ3v) is 4.03. The molecule has 1 fully saturated rings. The van der Waals surface area contributed by atoms with Gasteiger partial charge in [-0.15, -0.1) is 0 Å². The molecule has 0 bridgehead atoms. The molecule has 16 heavy (non-hydrogen) atoms. The lowest BCUT2D eigenvalue weighted by Gasteiger charge is -2.17. The molecule has 2 nitrogen and oxygen atoms in total. The molecule has 1 aliphatic rings. The number of rotatable bonds is 4. The van der Waals surface area contributed by atoms with Gasteiger partial charge in [0.1, 0.15) is 5.75 Å². The molecule has 1 aromatic carbocycles. The number of hydrogen-bond donors (Lipinski definition) is 1. The zero-order valence-corrected chi connectivity index (χ0v) is 10.5. The van der Waals surface area contributed by atoms with E-state index in [0.29, 0.717) is 5.41 Å². The molecule has 0 amide bonds. The van der Waals surface area contributed by atoms with Crippen LogP contribution in [0.1, 0.15) is 29.5 Å². The Morgan fingerprint density at radius 1 is 1.25 bits per heavy atom. The first-order valence-corrected chi connectivity index (χ1v) is 5.95.